The summed E-state index contributed by atoms with van der Waals surface area (Å²) in [5.41, 5.74) is 2.19. The highest BCUT2D eigenvalue weighted by Gasteiger charge is 2.25. The number of carbonyl (C=O) groups is 1. The molecule has 3 heteroatoms. The molecule has 0 fully saturated rings. The number of hydrogen-bond acceptors (Lipinski definition) is 2. The van der Waals surface area contributed by atoms with Gasteiger partial charge in [-0.2, -0.15) is 0 Å². The molecule has 0 atom stereocenters. The first kappa shape index (κ1) is 12.2. The molecule has 0 aromatic carbocycles. The van der Waals surface area contributed by atoms with Gasteiger partial charge in [-0.25, -0.2) is 4.79 Å². The van der Waals surface area contributed by atoms with Crippen LogP contribution in [-0.4, -0.2) is 21.2 Å². The van der Waals surface area contributed by atoms with Crippen molar-refractivity contribution in [2.24, 2.45) is 0 Å². The van der Waals surface area contributed by atoms with E-state index >= 15 is 0 Å². The molecular weight excluding hydrogens is 204 g/mol. The Kier molecular flexibility index (Phi) is 3.55. The second-order valence-corrected chi connectivity index (χ2v) is 10.2. The van der Waals surface area contributed by atoms with E-state index in [0.29, 0.717) is 0 Å². The van der Waals surface area contributed by atoms with Gasteiger partial charge in [0, 0.05) is 5.57 Å². The molecule has 0 spiro atoms. The zero-order valence-corrected chi connectivity index (χ0v) is 11.3. The molecule has 0 unspecified atom stereocenters. The number of esters is 1. The van der Waals surface area contributed by atoms with E-state index in [0.717, 1.165) is 18.4 Å². The van der Waals surface area contributed by atoms with Crippen LogP contribution in [0, 0.1) is 0 Å². The maximum Gasteiger partial charge on any atom is 0.333 e. The van der Waals surface area contributed by atoms with E-state index in [2.05, 4.69) is 26.6 Å². The second-order valence-electron chi connectivity index (χ2n) is 5.11. The molecule has 0 saturated heterocycles. The maximum absolute atomic E-state index is 11.4. The van der Waals surface area contributed by atoms with E-state index in [9.17, 15) is 4.79 Å². The summed E-state index contributed by atoms with van der Waals surface area (Å²) >= 11 is 0. The Balaban J connectivity index is 2.84. The van der Waals surface area contributed by atoms with Gasteiger partial charge < -0.3 is 4.74 Å². The monoisotopic (exact) mass is 224 g/mol. The van der Waals surface area contributed by atoms with Crippen molar-refractivity contribution in [1.82, 2.24) is 0 Å². The van der Waals surface area contributed by atoms with Gasteiger partial charge in [0.2, 0.25) is 0 Å². The summed E-state index contributed by atoms with van der Waals surface area (Å²) in [5.74, 6) is -0.177. The van der Waals surface area contributed by atoms with Crippen LogP contribution in [-0.2, 0) is 9.53 Å². The number of ether oxygens (including phenoxy) is 1. The minimum atomic E-state index is -1.21. The number of carbonyl (C=O) groups excluding carboxylic acids is 1. The minimum Gasteiger partial charge on any atom is -0.466 e. The van der Waals surface area contributed by atoms with Crippen LogP contribution in [0.4, 0.5) is 0 Å². The molecule has 0 heterocycles. The summed E-state index contributed by atoms with van der Waals surface area (Å²) in [6.07, 6.45) is 3.74. The van der Waals surface area contributed by atoms with Crippen molar-refractivity contribution < 1.29 is 9.53 Å². The van der Waals surface area contributed by atoms with Crippen molar-refractivity contribution in [3.63, 3.8) is 0 Å². The summed E-state index contributed by atoms with van der Waals surface area (Å²) in [6, 6.07) is 0. The number of allylic oxidation sites excluding steroid dienone is 3. The molecule has 0 amide bonds. The van der Waals surface area contributed by atoms with E-state index in [1.807, 2.05) is 6.08 Å². The van der Waals surface area contributed by atoms with Gasteiger partial charge in [-0.05, 0) is 19.8 Å². The maximum atomic E-state index is 11.4. The van der Waals surface area contributed by atoms with Crippen molar-refractivity contribution in [2.75, 3.05) is 7.11 Å². The molecule has 1 aliphatic rings. The second kappa shape index (κ2) is 4.35. The van der Waals surface area contributed by atoms with Crippen LogP contribution in [0.2, 0.25) is 19.6 Å². The van der Waals surface area contributed by atoms with Gasteiger partial charge in [0.15, 0.2) is 0 Å². The van der Waals surface area contributed by atoms with Crippen LogP contribution < -0.4 is 0 Å². The van der Waals surface area contributed by atoms with Gasteiger partial charge in [-0.15, -0.1) is 0 Å². The molecule has 0 saturated carbocycles. The first-order chi connectivity index (χ1) is 6.86. The molecule has 2 nitrogen and oxygen atoms in total. The smallest absolute Gasteiger partial charge is 0.333 e. The third kappa shape index (κ3) is 2.81. The molecular formula is C12H20O2Si. The van der Waals surface area contributed by atoms with Gasteiger partial charge in [-0.3, -0.25) is 0 Å². The first-order valence-corrected chi connectivity index (χ1v) is 8.82. The van der Waals surface area contributed by atoms with Crippen molar-refractivity contribution >= 4 is 14.0 Å². The third-order valence-electron chi connectivity index (χ3n) is 2.88. The molecule has 15 heavy (non-hydrogen) atoms. The van der Waals surface area contributed by atoms with Crippen LogP contribution >= 0.6 is 0 Å². The predicted molar refractivity (Wildman–Crippen MR) is 65.4 cm³/mol. The largest absolute Gasteiger partial charge is 0.466 e. The first-order valence-electron chi connectivity index (χ1n) is 5.32. The van der Waals surface area contributed by atoms with Gasteiger partial charge in [-0.1, -0.05) is 36.5 Å². The summed E-state index contributed by atoms with van der Waals surface area (Å²) in [7, 11) is 0.230. The molecule has 0 aliphatic heterocycles. The Morgan fingerprint density at radius 2 is 2.00 bits per heavy atom. The molecule has 0 N–H and O–H groups in total. The lowest BCUT2D eigenvalue weighted by atomic mass is 9.99. The lowest BCUT2D eigenvalue weighted by Crippen LogP contribution is -2.27. The average molecular weight is 224 g/mol. The number of rotatable bonds is 2. The molecule has 1 rings (SSSR count). The highest BCUT2D eigenvalue weighted by Crippen LogP contribution is 2.31. The standard InChI is InChI=1S/C12H20O2Si/c1-9-8-10(12(13)14-2)6-7-11(9)15(3,4)5/h6H,7-8H2,1-5H3. The Morgan fingerprint density at radius 3 is 2.40 bits per heavy atom. The van der Waals surface area contributed by atoms with Gasteiger partial charge in [0.1, 0.15) is 0 Å². The van der Waals surface area contributed by atoms with Crippen molar-refractivity contribution in [3.05, 3.63) is 22.4 Å². The highest BCUT2D eigenvalue weighted by atomic mass is 28.3. The van der Waals surface area contributed by atoms with Gasteiger partial charge >= 0.3 is 5.97 Å². The lowest BCUT2D eigenvalue weighted by Gasteiger charge is -2.26. The quantitative estimate of drug-likeness (QED) is 0.532. The Hall–Kier alpha value is -0.833. The molecule has 84 valence electrons. The van der Waals surface area contributed by atoms with Crippen molar-refractivity contribution in [1.29, 1.82) is 0 Å². The molecule has 0 aromatic rings. The Morgan fingerprint density at radius 1 is 1.40 bits per heavy atom. The fraction of sp³-hybridized carbons (Fsp3) is 0.583. The highest BCUT2D eigenvalue weighted by molar-refractivity contribution is 6.83. The van der Waals surface area contributed by atoms with Crippen LogP contribution in [0.15, 0.2) is 22.4 Å². The van der Waals surface area contributed by atoms with E-state index < -0.39 is 8.07 Å². The summed E-state index contributed by atoms with van der Waals surface area (Å²) in [5, 5.41) is 1.58. The van der Waals surface area contributed by atoms with Crippen LogP contribution in [0.25, 0.3) is 0 Å². The van der Waals surface area contributed by atoms with E-state index in [1.54, 1.807) is 5.20 Å². The molecule has 0 bridgehead atoms. The van der Waals surface area contributed by atoms with E-state index in [-0.39, 0.29) is 5.97 Å². The average Bonchev–Trinajstić information content (AvgIpc) is 2.14. The SMILES string of the molecule is COC(=O)C1=CCC([Si](C)(C)C)=C(C)C1. The Labute approximate surface area is 93.0 Å². The van der Waals surface area contributed by atoms with Crippen molar-refractivity contribution in [3.8, 4) is 0 Å². The summed E-state index contributed by atoms with van der Waals surface area (Å²) in [6.45, 7) is 9.19. The fourth-order valence-corrected chi connectivity index (χ4v) is 4.18. The van der Waals surface area contributed by atoms with Gasteiger partial charge in [0.25, 0.3) is 0 Å². The summed E-state index contributed by atoms with van der Waals surface area (Å²) in [4.78, 5) is 11.4. The van der Waals surface area contributed by atoms with Crippen LogP contribution in [0.3, 0.4) is 0 Å². The van der Waals surface area contributed by atoms with E-state index in [4.69, 9.17) is 4.74 Å². The zero-order chi connectivity index (χ0) is 11.6. The molecule has 0 radical (unpaired) electrons. The minimum absolute atomic E-state index is 0.177. The summed E-state index contributed by atoms with van der Waals surface area (Å²) < 4.78 is 4.74. The van der Waals surface area contributed by atoms with Crippen LogP contribution in [0.1, 0.15) is 19.8 Å². The fourth-order valence-electron chi connectivity index (χ4n) is 2.10. The Bertz CT molecular complexity index is 332. The number of hydrogen-bond donors (Lipinski definition) is 0. The van der Waals surface area contributed by atoms with E-state index in [1.165, 1.54) is 12.7 Å². The van der Waals surface area contributed by atoms with Crippen LogP contribution in [0.5, 0.6) is 0 Å². The molecule has 1 aliphatic carbocycles. The lowest BCUT2D eigenvalue weighted by molar-refractivity contribution is -0.136. The topological polar surface area (TPSA) is 26.3 Å². The van der Waals surface area contributed by atoms with Crippen molar-refractivity contribution in [2.45, 2.75) is 39.4 Å². The zero-order valence-electron chi connectivity index (χ0n) is 10.3. The van der Waals surface area contributed by atoms with Gasteiger partial charge in [0.05, 0.1) is 15.2 Å². The molecule has 0 aromatic heterocycles. The predicted octanol–water partition coefficient (Wildman–Crippen LogP) is 3.07. The third-order valence-corrected chi connectivity index (χ3v) is 5.32. The number of methoxy groups -OCH3 is 1. The normalized spacial score (nSPS) is 17.5.